The van der Waals surface area contributed by atoms with Gasteiger partial charge in [-0.05, 0) is 39.5 Å². The first-order valence-corrected chi connectivity index (χ1v) is 12.3. The van der Waals surface area contributed by atoms with Gasteiger partial charge in [0, 0.05) is 23.5 Å². The number of aliphatic hydroxyl groups is 1. The second-order valence-electron chi connectivity index (χ2n) is 9.64. The summed E-state index contributed by atoms with van der Waals surface area (Å²) in [6.45, 7) is -0.0152. The Morgan fingerprint density at radius 2 is 1.19 bits per heavy atom. The Labute approximate surface area is 214 Å². The molecule has 2 aliphatic carbocycles. The number of aliphatic hydroxyl groups excluding tert-OH is 1. The van der Waals surface area contributed by atoms with E-state index in [0.717, 1.165) is 22.3 Å². The monoisotopic (exact) mass is 484 g/mol. The highest BCUT2D eigenvalue weighted by atomic mass is 16.3. The van der Waals surface area contributed by atoms with Crippen LogP contribution in [0.5, 0.6) is 0 Å². The van der Waals surface area contributed by atoms with E-state index in [1.54, 1.807) is 24.3 Å². The molecule has 4 aromatic rings. The van der Waals surface area contributed by atoms with E-state index < -0.39 is 11.3 Å². The van der Waals surface area contributed by atoms with Gasteiger partial charge < -0.3 is 5.11 Å². The lowest BCUT2D eigenvalue weighted by atomic mass is 9.58. The topological polar surface area (TPSA) is 71.4 Å². The first-order valence-electron chi connectivity index (χ1n) is 12.3. The van der Waals surface area contributed by atoms with Crippen LogP contribution in [0.4, 0.5) is 0 Å². The fraction of sp³-hybridized carbons (Fsp3) is 0.121. The van der Waals surface area contributed by atoms with E-state index in [2.05, 4.69) is 0 Å². The lowest BCUT2D eigenvalue weighted by Gasteiger charge is -2.40. The van der Waals surface area contributed by atoms with Gasteiger partial charge >= 0.3 is 0 Å². The molecular formula is C33H24O4. The number of Topliss-reactive ketones (excluding diaryl/α,β-unsaturated/α-hetero) is 2. The zero-order valence-corrected chi connectivity index (χ0v) is 20.1. The summed E-state index contributed by atoms with van der Waals surface area (Å²) in [6, 6.07) is 31.7. The molecule has 0 saturated carbocycles. The highest BCUT2D eigenvalue weighted by molar-refractivity contribution is 6.37. The van der Waals surface area contributed by atoms with Gasteiger partial charge in [-0.2, -0.15) is 0 Å². The van der Waals surface area contributed by atoms with Crippen LogP contribution in [0.25, 0.3) is 16.7 Å². The Hall–Kier alpha value is -4.41. The Balaban J connectivity index is 1.51. The molecule has 37 heavy (non-hydrogen) atoms. The molecule has 1 atom stereocenters. The summed E-state index contributed by atoms with van der Waals surface area (Å²) in [7, 11) is 0. The Kier molecular flexibility index (Phi) is 5.54. The fourth-order valence-electron chi connectivity index (χ4n) is 5.85. The van der Waals surface area contributed by atoms with Gasteiger partial charge in [0.2, 0.25) is 0 Å². The van der Waals surface area contributed by atoms with Gasteiger partial charge in [-0.3, -0.25) is 14.4 Å². The van der Waals surface area contributed by atoms with Gasteiger partial charge in [0.25, 0.3) is 0 Å². The second kappa shape index (κ2) is 8.91. The van der Waals surface area contributed by atoms with Crippen molar-refractivity contribution in [2.75, 3.05) is 0 Å². The summed E-state index contributed by atoms with van der Waals surface area (Å²) in [5.41, 5.74) is 4.08. The molecule has 0 bridgehead atoms. The molecule has 0 fully saturated rings. The maximum absolute atomic E-state index is 14.2. The summed E-state index contributed by atoms with van der Waals surface area (Å²) >= 11 is 0. The van der Waals surface area contributed by atoms with Crippen molar-refractivity contribution in [2.45, 2.75) is 18.9 Å². The lowest BCUT2D eigenvalue weighted by Crippen LogP contribution is -2.44. The molecule has 1 N–H and O–H groups in total. The van der Waals surface area contributed by atoms with Crippen molar-refractivity contribution in [3.8, 4) is 11.1 Å². The molecular weight excluding hydrogens is 460 g/mol. The van der Waals surface area contributed by atoms with Crippen LogP contribution in [0.1, 0.15) is 49.7 Å². The standard InChI is InChI=1S/C33H24O4/c34-20-21-10-12-22(13-11-21)23-14-16-25(17-15-23)30-19-26(35)18-29(24-6-2-1-3-7-24)33(30)31(36)27-8-4-5-9-28(27)32(33)37/h1-18,30,34H,19-20H2/t30-/m0/s1. The average Bonchev–Trinajstić information content (AvgIpc) is 3.17. The first kappa shape index (κ1) is 23.0. The second-order valence-corrected chi connectivity index (χ2v) is 9.64. The van der Waals surface area contributed by atoms with E-state index in [0.29, 0.717) is 22.3 Å². The Bertz CT molecular complexity index is 1530. The van der Waals surface area contributed by atoms with Gasteiger partial charge in [0.1, 0.15) is 5.41 Å². The fourth-order valence-corrected chi connectivity index (χ4v) is 5.85. The number of hydrogen-bond donors (Lipinski definition) is 1. The number of carbonyl (C=O) groups excluding carboxylic acids is 3. The molecule has 6 rings (SSSR count). The quantitative estimate of drug-likeness (QED) is 0.358. The molecule has 0 radical (unpaired) electrons. The minimum absolute atomic E-state index is 0.0152. The summed E-state index contributed by atoms with van der Waals surface area (Å²) in [4.78, 5) is 41.5. The van der Waals surface area contributed by atoms with Gasteiger partial charge in [0.15, 0.2) is 17.3 Å². The van der Waals surface area contributed by atoms with E-state index in [4.69, 9.17) is 0 Å². The molecule has 0 saturated heterocycles. The number of fused-ring (bicyclic) bond motifs is 1. The highest BCUT2D eigenvalue weighted by Gasteiger charge is 2.61. The molecule has 0 heterocycles. The number of benzene rings is 4. The number of ketones is 3. The summed E-state index contributed by atoms with van der Waals surface area (Å²) in [5.74, 6) is -1.22. The number of rotatable bonds is 4. The SMILES string of the molecule is O=C1C=C(c2ccccc2)C2(C(=O)c3ccccc3C2=O)[C@H](c2ccc(-c3ccc(CO)cc3)cc2)C1. The lowest BCUT2D eigenvalue weighted by molar-refractivity contribution is -0.115. The average molecular weight is 485 g/mol. The van der Waals surface area contributed by atoms with Crippen molar-refractivity contribution in [1.29, 1.82) is 0 Å². The molecule has 0 aromatic heterocycles. The number of carbonyl (C=O) groups is 3. The van der Waals surface area contributed by atoms with Gasteiger partial charge in [-0.1, -0.05) is 103 Å². The van der Waals surface area contributed by atoms with Crippen LogP contribution in [0.3, 0.4) is 0 Å². The van der Waals surface area contributed by atoms with E-state index in [9.17, 15) is 19.5 Å². The zero-order chi connectivity index (χ0) is 25.6. The van der Waals surface area contributed by atoms with Gasteiger partial charge in [-0.15, -0.1) is 0 Å². The van der Waals surface area contributed by atoms with Crippen molar-refractivity contribution in [3.05, 3.63) is 137 Å². The predicted octanol–water partition coefficient (Wildman–Crippen LogP) is 6.05. The summed E-state index contributed by atoms with van der Waals surface area (Å²) in [6.07, 6.45) is 1.58. The molecule has 4 aromatic carbocycles. The van der Waals surface area contributed by atoms with Crippen LogP contribution in [0.2, 0.25) is 0 Å². The van der Waals surface area contributed by atoms with Crippen LogP contribution in [0.15, 0.2) is 109 Å². The first-order chi connectivity index (χ1) is 18.0. The van der Waals surface area contributed by atoms with Crippen molar-refractivity contribution in [1.82, 2.24) is 0 Å². The summed E-state index contributed by atoms with van der Waals surface area (Å²) < 4.78 is 0. The predicted molar refractivity (Wildman–Crippen MR) is 142 cm³/mol. The molecule has 0 amide bonds. The third-order valence-corrected chi connectivity index (χ3v) is 7.66. The minimum Gasteiger partial charge on any atom is -0.392 e. The number of hydrogen-bond acceptors (Lipinski definition) is 4. The largest absolute Gasteiger partial charge is 0.392 e. The normalized spacial score (nSPS) is 18.1. The van der Waals surface area contributed by atoms with Crippen LogP contribution in [-0.4, -0.2) is 22.5 Å². The molecule has 0 aliphatic heterocycles. The van der Waals surface area contributed by atoms with Crippen molar-refractivity contribution in [2.24, 2.45) is 5.41 Å². The van der Waals surface area contributed by atoms with Crippen LogP contribution in [-0.2, 0) is 11.4 Å². The minimum atomic E-state index is -1.50. The smallest absolute Gasteiger partial charge is 0.182 e. The Morgan fingerprint density at radius 1 is 0.649 bits per heavy atom. The van der Waals surface area contributed by atoms with E-state index in [-0.39, 0.29) is 30.4 Å². The molecule has 4 nitrogen and oxygen atoms in total. The van der Waals surface area contributed by atoms with Gasteiger partial charge in [-0.25, -0.2) is 0 Å². The van der Waals surface area contributed by atoms with Gasteiger partial charge in [0.05, 0.1) is 6.61 Å². The van der Waals surface area contributed by atoms with E-state index in [1.165, 1.54) is 6.08 Å². The maximum Gasteiger partial charge on any atom is 0.182 e. The van der Waals surface area contributed by atoms with Crippen LogP contribution in [0, 0.1) is 5.41 Å². The van der Waals surface area contributed by atoms with E-state index >= 15 is 0 Å². The highest BCUT2D eigenvalue weighted by Crippen LogP contribution is 2.58. The van der Waals surface area contributed by atoms with Crippen LogP contribution < -0.4 is 0 Å². The van der Waals surface area contributed by atoms with Crippen molar-refractivity contribution >= 4 is 22.9 Å². The molecule has 1 spiro atoms. The van der Waals surface area contributed by atoms with Crippen molar-refractivity contribution in [3.63, 3.8) is 0 Å². The molecule has 0 unspecified atom stereocenters. The Morgan fingerprint density at radius 3 is 1.76 bits per heavy atom. The zero-order valence-electron chi connectivity index (χ0n) is 20.1. The third kappa shape index (κ3) is 3.52. The maximum atomic E-state index is 14.2. The molecule has 4 heteroatoms. The number of allylic oxidation sites excluding steroid dienone is 2. The van der Waals surface area contributed by atoms with Crippen molar-refractivity contribution < 1.29 is 19.5 Å². The summed E-state index contributed by atoms with van der Waals surface area (Å²) in [5, 5.41) is 9.33. The molecule has 180 valence electrons. The van der Waals surface area contributed by atoms with Crippen LogP contribution >= 0.6 is 0 Å². The molecule has 2 aliphatic rings. The van der Waals surface area contributed by atoms with E-state index in [1.807, 2.05) is 78.9 Å². The third-order valence-electron chi connectivity index (χ3n) is 7.66.